The summed E-state index contributed by atoms with van der Waals surface area (Å²) in [6.07, 6.45) is 8.41. The van der Waals surface area contributed by atoms with Gasteiger partial charge in [0.1, 0.15) is 0 Å². The van der Waals surface area contributed by atoms with Crippen molar-refractivity contribution < 1.29 is 24.0 Å². The number of amides is 4. The highest BCUT2D eigenvalue weighted by Crippen LogP contribution is 2.36. The van der Waals surface area contributed by atoms with Crippen molar-refractivity contribution in [1.82, 2.24) is 26.6 Å². The number of ketones is 2. The number of hydrogen-bond acceptors (Lipinski definition) is 8. The first-order valence-electron chi connectivity index (χ1n) is 19.4. The monoisotopic (exact) mass is 726 g/mol. The smallest absolute Gasteiger partial charge is 0.312 e. The molecule has 0 aromatic heterocycles. The molecule has 0 unspecified atom stereocenters. The number of nitrogens with one attached hydrogen (secondary N) is 6. The zero-order chi connectivity index (χ0) is 38.6. The molecule has 0 aliphatic heterocycles. The van der Waals surface area contributed by atoms with Crippen molar-refractivity contribution in [3.05, 3.63) is 29.8 Å². The fraction of sp³-hybridized carbons (Fsp3) is 0.725. The summed E-state index contributed by atoms with van der Waals surface area (Å²) >= 11 is 0. The number of rotatable bonds is 20. The van der Waals surface area contributed by atoms with Crippen LogP contribution >= 0.6 is 0 Å². The third-order valence-electron chi connectivity index (χ3n) is 10.3. The summed E-state index contributed by atoms with van der Waals surface area (Å²) in [7, 11) is 0. The molecular weight excluding hydrogens is 658 g/mol. The standard InChI is InChI=1S/C40H67N7O5/c1-28(46-39(19-8-9-20-39)32(48)18-25-44-38(5,6)7)35(51)45-31(13-12-24-43-36(41)52)34(50)40(21-10-11-22-40)47-30-16-14-29(15-17-30)27-33(49)42-26-23-37(2,3)4/h14-17,28,31,44,46-47H,8-13,18-27H2,1-7H3,(H,42,49)(H,45,51)(H3,41,43,52)/t28-,31-/m0/s1. The van der Waals surface area contributed by atoms with Gasteiger partial charge in [-0.3, -0.25) is 24.5 Å². The summed E-state index contributed by atoms with van der Waals surface area (Å²) < 4.78 is 0. The Morgan fingerprint density at radius 3 is 1.96 bits per heavy atom. The van der Waals surface area contributed by atoms with Gasteiger partial charge < -0.3 is 32.3 Å². The SMILES string of the molecule is C[C@H](NC1(C(=O)CCNC(C)(C)C)CCCC1)C(=O)N[C@@H](CCCNC(N)=O)C(=O)C1(Nc2ccc(CC(=O)NCCC(C)(C)C)cc2)CCCC1. The van der Waals surface area contributed by atoms with Crippen LogP contribution < -0.4 is 37.6 Å². The third-order valence-corrected chi connectivity index (χ3v) is 10.3. The molecule has 1 aromatic rings. The maximum Gasteiger partial charge on any atom is 0.312 e. The molecule has 0 bridgehead atoms. The number of carbonyl (C=O) groups is 5. The van der Waals surface area contributed by atoms with Crippen LogP contribution in [0.15, 0.2) is 24.3 Å². The molecule has 12 heteroatoms. The van der Waals surface area contributed by atoms with Crippen LogP contribution in [0.2, 0.25) is 0 Å². The summed E-state index contributed by atoms with van der Waals surface area (Å²) in [4.78, 5) is 65.8. The minimum Gasteiger partial charge on any atom is -0.373 e. The average molecular weight is 726 g/mol. The van der Waals surface area contributed by atoms with Gasteiger partial charge in [-0.15, -0.1) is 0 Å². The van der Waals surface area contributed by atoms with Crippen LogP contribution in [0.4, 0.5) is 10.5 Å². The second kappa shape index (κ2) is 19.0. The number of urea groups is 1. The van der Waals surface area contributed by atoms with Crippen molar-refractivity contribution >= 4 is 35.1 Å². The number of Topliss-reactive ketones (excluding diaryl/α,β-unsaturated/α-hetero) is 2. The first-order valence-corrected chi connectivity index (χ1v) is 19.4. The van der Waals surface area contributed by atoms with E-state index < -0.39 is 29.2 Å². The quantitative estimate of drug-likeness (QED) is 0.0949. The van der Waals surface area contributed by atoms with Gasteiger partial charge in [0.05, 0.1) is 29.6 Å². The van der Waals surface area contributed by atoms with Crippen LogP contribution in [0.3, 0.4) is 0 Å². The Morgan fingerprint density at radius 2 is 1.40 bits per heavy atom. The van der Waals surface area contributed by atoms with Crippen LogP contribution in [-0.2, 0) is 25.6 Å². The molecule has 0 radical (unpaired) electrons. The maximum absolute atomic E-state index is 14.5. The van der Waals surface area contributed by atoms with Gasteiger partial charge in [0.2, 0.25) is 11.8 Å². The molecule has 4 amide bonds. The molecule has 12 nitrogen and oxygen atoms in total. The Morgan fingerprint density at radius 1 is 0.808 bits per heavy atom. The molecule has 0 heterocycles. The zero-order valence-electron chi connectivity index (χ0n) is 32.9. The Hall–Kier alpha value is -3.51. The average Bonchev–Trinajstić information content (AvgIpc) is 3.73. The van der Waals surface area contributed by atoms with E-state index in [0.717, 1.165) is 43.4 Å². The highest BCUT2D eigenvalue weighted by Gasteiger charge is 2.46. The van der Waals surface area contributed by atoms with E-state index in [9.17, 15) is 24.0 Å². The number of carbonyl (C=O) groups excluding carboxylic acids is 5. The van der Waals surface area contributed by atoms with Gasteiger partial charge in [0, 0.05) is 37.3 Å². The Kier molecular flexibility index (Phi) is 15.7. The van der Waals surface area contributed by atoms with Gasteiger partial charge in [0.15, 0.2) is 11.6 Å². The van der Waals surface area contributed by atoms with Gasteiger partial charge in [0.25, 0.3) is 0 Å². The summed E-state index contributed by atoms with van der Waals surface area (Å²) in [6, 6.07) is 5.43. The lowest BCUT2D eigenvalue weighted by Gasteiger charge is -2.36. The van der Waals surface area contributed by atoms with E-state index in [1.54, 1.807) is 6.92 Å². The van der Waals surface area contributed by atoms with Crippen molar-refractivity contribution in [3.8, 4) is 0 Å². The van der Waals surface area contributed by atoms with Gasteiger partial charge in [-0.25, -0.2) is 4.79 Å². The minimum atomic E-state index is -0.889. The zero-order valence-corrected chi connectivity index (χ0v) is 32.9. The van der Waals surface area contributed by atoms with E-state index in [1.807, 2.05) is 24.3 Å². The van der Waals surface area contributed by atoms with E-state index in [1.165, 1.54) is 0 Å². The molecule has 292 valence electrons. The number of hydrogen-bond donors (Lipinski definition) is 7. The van der Waals surface area contributed by atoms with Crippen LogP contribution in [-0.4, -0.2) is 77.7 Å². The van der Waals surface area contributed by atoms with Crippen LogP contribution in [0.5, 0.6) is 0 Å². The lowest BCUT2D eigenvalue weighted by molar-refractivity contribution is -0.132. The number of benzene rings is 1. The first-order chi connectivity index (χ1) is 24.3. The molecule has 2 aliphatic carbocycles. The largest absolute Gasteiger partial charge is 0.373 e. The molecule has 3 rings (SSSR count). The van der Waals surface area contributed by atoms with Gasteiger partial charge in [-0.05, 0) is 95.8 Å². The van der Waals surface area contributed by atoms with E-state index in [0.29, 0.717) is 58.0 Å². The lowest BCUT2D eigenvalue weighted by Crippen LogP contribution is -2.61. The highest BCUT2D eigenvalue weighted by atomic mass is 16.2. The van der Waals surface area contributed by atoms with Crippen LogP contribution in [0.25, 0.3) is 0 Å². The fourth-order valence-electron chi connectivity index (χ4n) is 7.39. The van der Waals surface area contributed by atoms with Gasteiger partial charge >= 0.3 is 6.03 Å². The number of nitrogens with two attached hydrogens (primary N) is 1. The summed E-state index contributed by atoms with van der Waals surface area (Å²) in [5, 5.41) is 18.9. The number of anilines is 1. The molecule has 2 fully saturated rings. The topological polar surface area (TPSA) is 184 Å². The molecule has 2 saturated carbocycles. The lowest BCUT2D eigenvalue weighted by atomic mass is 9.85. The first kappa shape index (κ1) is 42.9. The van der Waals surface area contributed by atoms with Crippen molar-refractivity contribution in [3.63, 3.8) is 0 Å². The molecule has 8 N–H and O–H groups in total. The van der Waals surface area contributed by atoms with Crippen LogP contribution in [0.1, 0.15) is 131 Å². The van der Waals surface area contributed by atoms with Crippen molar-refractivity contribution in [1.29, 1.82) is 0 Å². The van der Waals surface area contributed by atoms with E-state index in [2.05, 4.69) is 73.4 Å². The molecule has 0 saturated heterocycles. The van der Waals surface area contributed by atoms with Gasteiger partial charge in [-0.1, -0.05) is 58.6 Å². The normalized spacial score (nSPS) is 17.9. The minimum absolute atomic E-state index is 0.0266. The van der Waals surface area contributed by atoms with E-state index in [4.69, 9.17) is 5.73 Å². The second-order valence-corrected chi connectivity index (χ2v) is 17.3. The summed E-state index contributed by atoms with van der Waals surface area (Å²) in [6.45, 7) is 15.8. The molecule has 2 atom stereocenters. The second-order valence-electron chi connectivity index (χ2n) is 17.3. The Labute approximate surface area is 311 Å². The highest BCUT2D eigenvalue weighted by molar-refractivity contribution is 5.99. The molecular formula is C40H67N7O5. The Balaban J connectivity index is 1.71. The fourth-order valence-corrected chi connectivity index (χ4v) is 7.39. The molecule has 2 aliphatic rings. The summed E-state index contributed by atoms with van der Waals surface area (Å²) in [5.74, 6) is -0.368. The molecule has 0 spiro atoms. The van der Waals surface area contributed by atoms with Crippen molar-refractivity contribution in [2.75, 3.05) is 25.0 Å². The van der Waals surface area contributed by atoms with E-state index in [-0.39, 0.29) is 47.3 Å². The van der Waals surface area contributed by atoms with Gasteiger partial charge in [-0.2, -0.15) is 0 Å². The predicted octanol–water partition coefficient (Wildman–Crippen LogP) is 4.65. The van der Waals surface area contributed by atoms with Crippen molar-refractivity contribution in [2.24, 2.45) is 11.1 Å². The van der Waals surface area contributed by atoms with Crippen LogP contribution in [0, 0.1) is 5.41 Å². The molecule has 1 aromatic carbocycles. The number of primary amides is 1. The predicted molar refractivity (Wildman–Crippen MR) is 207 cm³/mol. The Bertz CT molecular complexity index is 1350. The van der Waals surface area contributed by atoms with Crippen molar-refractivity contribution in [2.45, 2.75) is 161 Å². The third kappa shape index (κ3) is 13.8. The summed E-state index contributed by atoms with van der Waals surface area (Å²) in [5.41, 5.74) is 5.31. The molecule has 52 heavy (non-hydrogen) atoms. The van der Waals surface area contributed by atoms with E-state index >= 15 is 0 Å². The maximum atomic E-state index is 14.5.